The van der Waals surface area contributed by atoms with Crippen molar-refractivity contribution in [3.63, 3.8) is 0 Å². The second-order valence-electron chi connectivity index (χ2n) is 2.49. The molecule has 0 spiro atoms. The fourth-order valence-corrected chi connectivity index (χ4v) is 0.999. The largest absolute Gasteiger partial charge is 0.399 e. The van der Waals surface area contributed by atoms with Gasteiger partial charge in [0.05, 0.1) is 5.56 Å². The Hall–Kier alpha value is -1.91. The molecule has 2 N–H and O–H groups in total. The quantitative estimate of drug-likeness (QED) is 0.673. The number of nitrogens with two attached hydrogens (primary N) is 1. The lowest BCUT2D eigenvalue weighted by Gasteiger charge is -1.97. The molecule has 66 valence electrons. The van der Waals surface area contributed by atoms with Gasteiger partial charge in [0, 0.05) is 5.69 Å². The normalized spacial score (nSPS) is 10.2. The number of hydrogen-bond acceptors (Lipinski definition) is 4. The summed E-state index contributed by atoms with van der Waals surface area (Å²) in [5, 5.41) is 3.38. The molecule has 5 heteroatoms. The van der Waals surface area contributed by atoms with Crippen LogP contribution >= 0.6 is 0 Å². The highest BCUT2D eigenvalue weighted by Gasteiger charge is 2.09. The molecule has 0 radical (unpaired) electrons. The summed E-state index contributed by atoms with van der Waals surface area (Å²) in [7, 11) is 0. The Bertz CT molecular complexity index is 413. The van der Waals surface area contributed by atoms with Crippen LogP contribution in [0.2, 0.25) is 0 Å². The zero-order valence-corrected chi connectivity index (χ0v) is 6.57. The van der Waals surface area contributed by atoms with E-state index < -0.39 is 5.82 Å². The van der Waals surface area contributed by atoms with Crippen LogP contribution in [0.25, 0.3) is 11.5 Å². The molecule has 0 saturated heterocycles. The standard InChI is InChI=1S/C8H6FN3O/c9-7-2-1-5(10)3-6(7)8-11-4-12-13-8/h1-4H,10H2. The molecule has 2 rings (SSSR count). The molecule has 0 bridgehead atoms. The molecular formula is C8H6FN3O. The van der Waals surface area contributed by atoms with E-state index >= 15 is 0 Å². The lowest BCUT2D eigenvalue weighted by atomic mass is 10.2. The van der Waals surface area contributed by atoms with Crippen LogP contribution in [0, 0.1) is 5.82 Å². The Kier molecular flexibility index (Phi) is 1.70. The van der Waals surface area contributed by atoms with Gasteiger partial charge in [0.1, 0.15) is 5.82 Å². The van der Waals surface area contributed by atoms with Crippen molar-refractivity contribution in [1.82, 2.24) is 10.1 Å². The summed E-state index contributed by atoms with van der Waals surface area (Å²) in [5.74, 6) is -0.303. The van der Waals surface area contributed by atoms with Crippen LogP contribution in [0.3, 0.4) is 0 Å². The van der Waals surface area contributed by atoms with Crippen molar-refractivity contribution < 1.29 is 8.91 Å². The first-order valence-electron chi connectivity index (χ1n) is 3.59. The molecule has 0 unspecified atom stereocenters. The number of nitrogens with zero attached hydrogens (tertiary/aromatic N) is 2. The van der Waals surface area contributed by atoms with Crippen molar-refractivity contribution in [1.29, 1.82) is 0 Å². The second-order valence-corrected chi connectivity index (χ2v) is 2.49. The highest BCUT2D eigenvalue weighted by Crippen LogP contribution is 2.22. The molecule has 0 amide bonds. The van der Waals surface area contributed by atoms with Crippen molar-refractivity contribution in [2.24, 2.45) is 0 Å². The van der Waals surface area contributed by atoms with E-state index in [1.807, 2.05) is 0 Å². The van der Waals surface area contributed by atoms with Gasteiger partial charge in [-0.1, -0.05) is 5.16 Å². The van der Waals surface area contributed by atoms with Gasteiger partial charge in [0.2, 0.25) is 0 Å². The molecule has 0 atom stereocenters. The molecular weight excluding hydrogens is 173 g/mol. The number of benzene rings is 1. The predicted octanol–water partition coefficient (Wildman–Crippen LogP) is 1.46. The zero-order chi connectivity index (χ0) is 9.26. The smallest absolute Gasteiger partial charge is 0.260 e. The Morgan fingerprint density at radius 2 is 2.23 bits per heavy atom. The third-order valence-electron chi connectivity index (χ3n) is 1.58. The minimum absolute atomic E-state index is 0.129. The van der Waals surface area contributed by atoms with Crippen molar-refractivity contribution in [2.45, 2.75) is 0 Å². The van der Waals surface area contributed by atoms with E-state index in [0.29, 0.717) is 5.69 Å². The van der Waals surface area contributed by atoms with E-state index in [1.54, 1.807) is 0 Å². The van der Waals surface area contributed by atoms with Crippen LogP contribution < -0.4 is 5.73 Å². The predicted molar refractivity (Wildman–Crippen MR) is 44.1 cm³/mol. The van der Waals surface area contributed by atoms with E-state index in [0.717, 1.165) is 0 Å². The first-order valence-corrected chi connectivity index (χ1v) is 3.59. The van der Waals surface area contributed by atoms with Gasteiger partial charge in [0.25, 0.3) is 5.89 Å². The van der Waals surface area contributed by atoms with Crippen LogP contribution in [-0.2, 0) is 0 Å². The minimum atomic E-state index is -0.432. The summed E-state index contributed by atoms with van der Waals surface area (Å²) in [6.45, 7) is 0. The molecule has 13 heavy (non-hydrogen) atoms. The maximum Gasteiger partial charge on any atom is 0.260 e. The van der Waals surface area contributed by atoms with Crippen molar-refractivity contribution in [3.05, 3.63) is 30.3 Å². The summed E-state index contributed by atoms with van der Waals surface area (Å²) in [5.41, 5.74) is 6.15. The Morgan fingerprint density at radius 3 is 2.92 bits per heavy atom. The first kappa shape index (κ1) is 7.72. The van der Waals surface area contributed by atoms with E-state index in [2.05, 4.69) is 10.1 Å². The number of hydrogen-bond donors (Lipinski definition) is 1. The fourth-order valence-electron chi connectivity index (χ4n) is 0.999. The van der Waals surface area contributed by atoms with Gasteiger partial charge in [0.15, 0.2) is 6.33 Å². The second kappa shape index (κ2) is 2.85. The van der Waals surface area contributed by atoms with Crippen LogP contribution in [0.4, 0.5) is 10.1 Å². The SMILES string of the molecule is Nc1ccc(F)c(-c2ncno2)c1. The summed E-state index contributed by atoms with van der Waals surface area (Å²) in [4.78, 5) is 3.72. The number of halogens is 1. The molecule has 1 aromatic heterocycles. The van der Waals surface area contributed by atoms with Gasteiger partial charge in [-0.3, -0.25) is 0 Å². The Balaban J connectivity index is 2.57. The molecule has 0 fully saturated rings. The van der Waals surface area contributed by atoms with Gasteiger partial charge < -0.3 is 10.3 Å². The minimum Gasteiger partial charge on any atom is -0.399 e. The summed E-state index contributed by atoms with van der Waals surface area (Å²) < 4.78 is 17.8. The lowest BCUT2D eigenvalue weighted by molar-refractivity contribution is 0.427. The van der Waals surface area contributed by atoms with Gasteiger partial charge >= 0.3 is 0 Å². The monoisotopic (exact) mass is 179 g/mol. The van der Waals surface area contributed by atoms with Gasteiger partial charge in [-0.15, -0.1) is 0 Å². The Morgan fingerprint density at radius 1 is 1.38 bits per heavy atom. The third-order valence-corrected chi connectivity index (χ3v) is 1.58. The van der Waals surface area contributed by atoms with Gasteiger partial charge in [-0.25, -0.2) is 4.39 Å². The highest BCUT2D eigenvalue weighted by molar-refractivity contribution is 5.60. The zero-order valence-electron chi connectivity index (χ0n) is 6.57. The van der Waals surface area contributed by atoms with Gasteiger partial charge in [-0.05, 0) is 18.2 Å². The molecule has 0 aliphatic heterocycles. The van der Waals surface area contributed by atoms with Crippen LogP contribution in [0.5, 0.6) is 0 Å². The molecule has 0 saturated carbocycles. The van der Waals surface area contributed by atoms with E-state index in [1.165, 1.54) is 24.5 Å². The topological polar surface area (TPSA) is 64.9 Å². The molecule has 0 aliphatic rings. The molecule has 0 aliphatic carbocycles. The first-order chi connectivity index (χ1) is 6.27. The average molecular weight is 179 g/mol. The summed E-state index contributed by atoms with van der Waals surface area (Å²) in [6, 6.07) is 4.17. The summed E-state index contributed by atoms with van der Waals surface area (Å²) >= 11 is 0. The van der Waals surface area contributed by atoms with Crippen molar-refractivity contribution in [2.75, 3.05) is 5.73 Å². The molecule has 1 aromatic carbocycles. The summed E-state index contributed by atoms with van der Waals surface area (Å²) in [6.07, 6.45) is 1.21. The number of rotatable bonds is 1. The molecule has 4 nitrogen and oxygen atoms in total. The van der Waals surface area contributed by atoms with Gasteiger partial charge in [-0.2, -0.15) is 4.98 Å². The van der Waals surface area contributed by atoms with E-state index in [9.17, 15) is 4.39 Å². The lowest BCUT2D eigenvalue weighted by Crippen LogP contribution is -1.89. The third kappa shape index (κ3) is 1.35. The van der Waals surface area contributed by atoms with Crippen molar-refractivity contribution >= 4 is 5.69 Å². The number of nitrogen functional groups attached to an aromatic ring is 1. The van der Waals surface area contributed by atoms with E-state index in [-0.39, 0.29) is 11.5 Å². The van der Waals surface area contributed by atoms with Crippen LogP contribution in [-0.4, -0.2) is 10.1 Å². The number of anilines is 1. The van der Waals surface area contributed by atoms with Crippen LogP contribution in [0.1, 0.15) is 0 Å². The van der Waals surface area contributed by atoms with E-state index in [4.69, 9.17) is 10.3 Å². The van der Waals surface area contributed by atoms with Crippen molar-refractivity contribution in [3.8, 4) is 11.5 Å². The fraction of sp³-hybridized carbons (Fsp3) is 0. The molecule has 1 heterocycles. The number of aromatic nitrogens is 2. The van der Waals surface area contributed by atoms with Crippen LogP contribution in [0.15, 0.2) is 29.0 Å². The maximum absolute atomic E-state index is 13.1. The highest BCUT2D eigenvalue weighted by atomic mass is 19.1. The average Bonchev–Trinajstić information content (AvgIpc) is 2.61. The Labute approximate surface area is 73.2 Å². The maximum atomic E-state index is 13.1. The molecule has 2 aromatic rings.